The SMILES string of the molecule is CN(CC(=O)[C@@H]1CCCN1C(=O)OC(C)(C)C)C(=O)Oc1ccc([N+](=O)[O-])cc1. The number of hydrogen-bond donors (Lipinski definition) is 0. The Morgan fingerprint density at radius 1 is 1.24 bits per heavy atom. The molecule has 0 aliphatic carbocycles. The molecule has 1 heterocycles. The Labute approximate surface area is 168 Å². The summed E-state index contributed by atoms with van der Waals surface area (Å²) in [7, 11) is 1.40. The van der Waals surface area contributed by atoms with Crippen molar-refractivity contribution in [2.24, 2.45) is 0 Å². The lowest BCUT2D eigenvalue weighted by Crippen LogP contribution is -2.47. The third-order valence-electron chi connectivity index (χ3n) is 4.21. The van der Waals surface area contributed by atoms with E-state index in [9.17, 15) is 24.5 Å². The third kappa shape index (κ3) is 6.16. The first-order valence-corrected chi connectivity index (χ1v) is 9.17. The van der Waals surface area contributed by atoms with Gasteiger partial charge in [-0.25, -0.2) is 9.59 Å². The van der Waals surface area contributed by atoms with Crippen molar-refractivity contribution in [3.8, 4) is 5.75 Å². The van der Waals surface area contributed by atoms with E-state index in [0.717, 1.165) is 4.90 Å². The Morgan fingerprint density at radius 3 is 2.41 bits per heavy atom. The van der Waals surface area contributed by atoms with Gasteiger partial charge >= 0.3 is 12.2 Å². The van der Waals surface area contributed by atoms with Gasteiger partial charge in [0, 0.05) is 25.7 Å². The number of likely N-dealkylation sites (tertiary alicyclic amines) is 1. The molecule has 2 amide bonds. The van der Waals surface area contributed by atoms with E-state index in [4.69, 9.17) is 9.47 Å². The number of nitrogens with zero attached hydrogens (tertiary/aromatic N) is 3. The van der Waals surface area contributed by atoms with E-state index < -0.39 is 28.8 Å². The summed E-state index contributed by atoms with van der Waals surface area (Å²) in [5.74, 6) is -0.173. The minimum absolute atomic E-state index is 0.121. The number of rotatable bonds is 5. The highest BCUT2D eigenvalue weighted by Gasteiger charge is 2.37. The monoisotopic (exact) mass is 407 g/mol. The van der Waals surface area contributed by atoms with Crippen molar-refractivity contribution in [1.29, 1.82) is 0 Å². The first-order chi connectivity index (χ1) is 13.5. The maximum Gasteiger partial charge on any atom is 0.415 e. The number of hydrogen-bond acceptors (Lipinski definition) is 7. The van der Waals surface area contributed by atoms with Gasteiger partial charge in [-0.15, -0.1) is 0 Å². The quantitative estimate of drug-likeness (QED) is 0.543. The minimum atomic E-state index is -0.783. The molecule has 10 nitrogen and oxygen atoms in total. The normalized spacial score (nSPS) is 16.3. The van der Waals surface area contributed by atoms with Gasteiger partial charge in [0.25, 0.3) is 5.69 Å². The molecule has 1 saturated heterocycles. The highest BCUT2D eigenvalue weighted by molar-refractivity contribution is 5.91. The van der Waals surface area contributed by atoms with Crippen LogP contribution in [0.4, 0.5) is 15.3 Å². The van der Waals surface area contributed by atoms with Gasteiger partial charge in [0.1, 0.15) is 11.4 Å². The van der Waals surface area contributed by atoms with Crippen LogP contribution in [-0.2, 0) is 9.53 Å². The summed E-state index contributed by atoms with van der Waals surface area (Å²) in [6.07, 6.45) is -0.158. The summed E-state index contributed by atoms with van der Waals surface area (Å²) in [6, 6.07) is 4.37. The van der Waals surface area contributed by atoms with Crippen molar-refractivity contribution >= 4 is 23.7 Å². The average Bonchev–Trinajstić information content (AvgIpc) is 3.10. The fourth-order valence-electron chi connectivity index (χ4n) is 2.86. The van der Waals surface area contributed by atoms with Crippen molar-refractivity contribution in [1.82, 2.24) is 9.80 Å². The summed E-state index contributed by atoms with van der Waals surface area (Å²) >= 11 is 0. The molecule has 29 heavy (non-hydrogen) atoms. The molecule has 1 aliphatic rings. The summed E-state index contributed by atoms with van der Waals surface area (Å²) < 4.78 is 10.5. The molecule has 10 heteroatoms. The van der Waals surface area contributed by atoms with E-state index in [0.29, 0.717) is 19.4 Å². The van der Waals surface area contributed by atoms with Gasteiger partial charge in [0.2, 0.25) is 0 Å². The molecule has 0 saturated carbocycles. The van der Waals surface area contributed by atoms with E-state index in [2.05, 4.69) is 0 Å². The summed E-state index contributed by atoms with van der Waals surface area (Å²) in [4.78, 5) is 49.7. The maximum absolute atomic E-state index is 12.6. The number of nitro benzene ring substituents is 1. The van der Waals surface area contributed by atoms with Crippen LogP contribution in [0.25, 0.3) is 0 Å². The lowest BCUT2D eigenvalue weighted by Gasteiger charge is -2.28. The molecule has 2 rings (SSSR count). The van der Waals surface area contributed by atoms with Crippen molar-refractivity contribution in [3.63, 3.8) is 0 Å². The van der Waals surface area contributed by atoms with Gasteiger partial charge in [-0.1, -0.05) is 0 Å². The fourth-order valence-corrected chi connectivity index (χ4v) is 2.86. The summed E-state index contributed by atoms with van der Waals surface area (Å²) in [5, 5.41) is 10.7. The van der Waals surface area contributed by atoms with Crippen LogP contribution in [0.3, 0.4) is 0 Å². The molecule has 1 aliphatic heterocycles. The van der Waals surface area contributed by atoms with Gasteiger partial charge < -0.3 is 14.4 Å². The van der Waals surface area contributed by atoms with Crippen LogP contribution in [0.5, 0.6) is 5.75 Å². The van der Waals surface area contributed by atoms with E-state index in [-0.39, 0.29) is 23.8 Å². The van der Waals surface area contributed by atoms with Gasteiger partial charge in [-0.05, 0) is 45.7 Å². The van der Waals surface area contributed by atoms with E-state index in [1.807, 2.05) is 0 Å². The lowest BCUT2D eigenvalue weighted by molar-refractivity contribution is -0.384. The zero-order chi connectivity index (χ0) is 21.8. The molecule has 0 unspecified atom stereocenters. The molecular weight excluding hydrogens is 382 g/mol. The number of amides is 2. The molecule has 0 radical (unpaired) electrons. The maximum atomic E-state index is 12.6. The molecular formula is C19H25N3O7. The van der Waals surface area contributed by atoms with Crippen LogP contribution < -0.4 is 4.74 Å². The number of nitro groups is 1. The molecule has 1 atom stereocenters. The van der Waals surface area contributed by atoms with Crippen molar-refractivity contribution < 1.29 is 28.8 Å². The molecule has 0 bridgehead atoms. The Balaban J connectivity index is 1.93. The van der Waals surface area contributed by atoms with Crippen LogP contribution in [-0.4, -0.2) is 64.5 Å². The molecule has 0 N–H and O–H groups in total. The first kappa shape index (κ1) is 22.1. The topological polar surface area (TPSA) is 119 Å². The predicted octanol–water partition coefficient (Wildman–Crippen LogP) is 2.99. The Hall–Kier alpha value is -3.17. The van der Waals surface area contributed by atoms with E-state index in [1.54, 1.807) is 20.8 Å². The highest BCUT2D eigenvalue weighted by atomic mass is 16.6. The molecule has 1 fully saturated rings. The second kappa shape index (κ2) is 8.89. The lowest BCUT2D eigenvalue weighted by atomic mass is 10.1. The van der Waals surface area contributed by atoms with Crippen molar-refractivity contribution in [2.75, 3.05) is 20.1 Å². The van der Waals surface area contributed by atoms with Crippen molar-refractivity contribution in [2.45, 2.75) is 45.3 Å². The van der Waals surface area contributed by atoms with E-state index >= 15 is 0 Å². The number of non-ortho nitro benzene ring substituents is 1. The largest absolute Gasteiger partial charge is 0.444 e. The van der Waals surface area contributed by atoms with Crippen LogP contribution >= 0.6 is 0 Å². The molecule has 0 aromatic heterocycles. The Kier molecular flexibility index (Phi) is 6.78. The standard InChI is InChI=1S/C19H25N3O7/c1-19(2,3)29-18(25)21-11-5-6-15(21)16(23)12-20(4)17(24)28-14-9-7-13(8-10-14)22(26)27/h7-10,15H,5-6,11-12H2,1-4H3/t15-/m0/s1. The second-order valence-corrected chi connectivity index (χ2v) is 7.77. The Morgan fingerprint density at radius 2 is 1.86 bits per heavy atom. The predicted molar refractivity (Wildman–Crippen MR) is 103 cm³/mol. The van der Waals surface area contributed by atoms with Crippen LogP contribution in [0.15, 0.2) is 24.3 Å². The first-order valence-electron chi connectivity index (χ1n) is 9.17. The molecule has 1 aromatic carbocycles. The summed E-state index contributed by atoms with van der Waals surface area (Å²) in [5.41, 5.74) is -0.796. The minimum Gasteiger partial charge on any atom is -0.444 e. The number of carbonyl (C=O) groups excluding carboxylic acids is 3. The van der Waals surface area contributed by atoms with Gasteiger partial charge in [0.05, 0.1) is 17.5 Å². The van der Waals surface area contributed by atoms with Gasteiger partial charge in [-0.2, -0.15) is 0 Å². The zero-order valence-corrected chi connectivity index (χ0v) is 16.9. The van der Waals surface area contributed by atoms with Gasteiger partial charge in [0.15, 0.2) is 5.78 Å². The zero-order valence-electron chi connectivity index (χ0n) is 16.9. The smallest absolute Gasteiger partial charge is 0.415 e. The molecule has 1 aromatic rings. The second-order valence-electron chi connectivity index (χ2n) is 7.77. The Bertz CT molecular complexity index is 786. The highest BCUT2D eigenvalue weighted by Crippen LogP contribution is 2.22. The third-order valence-corrected chi connectivity index (χ3v) is 4.21. The number of benzene rings is 1. The number of ether oxygens (including phenoxy) is 2. The fraction of sp³-hybridized carbons (Fsp3) is 0.526. The number of carbonyl (C=O) groups is 3. The number of ketones is 1. The number of likely N-dealkylation sites (N-methyl/N-ethyl adjacent to an activating group) is 1. The van der Waals surface area contributed by atoms with Crippen LogP contribution in [0.2, 0.25) is 0 Å². The molecule has 0 spiro atoms. The molecule has 158 valence electrons. The van der Waals surface area contributed by atoms with E-state index in [1.165, 1.54) is 36.2 Å². The van der Waals surface area contributed by atoms with Gasteiger partial charge in [-0.3, -0.25) is 19.8 Å². The average molecular weight is 407 g/mol. The van der Waals surface area contributed by atoms with Crippen molar-refractivity contribution in [3.05, 3.63) is 34.4 Å². The number of Topliss-reactive ketones (excluding diaryl/α,β-unsaturated/α-hetero) is 1. The van der Waals surface area contributed by atoms with Crippen LogP contribution in [0, 0.1) is 10.1 Å². The van der Waals surface area contributed by atoms with Crippen LogP contribution in [0.1, 0.15) is 33.6 Å². The summed E-state index contributed by atoms with van der Waals surface area (Å²) in [6.45, 7) is 5.43.